The molecule has 0 atom stereocenters. The number of hydrogen-bond acceptors (Lipinski definition) is 5. The number of nitrogens with zero attached hydrogens (tertiary/aromatic N) is 3. The van der Waals surface area contributed by atoms with E-state index in [-0.39, 0.29) is 5.91 Å². The zero-order chi connectivity index (χ0) is 16.5. The Bertz CT molecular complexity index is 613. The van der Waals surface area contributed by atoms with Gasteiger partial charge in [-0.1, -0.05) is 41.6 Å². The van der Waals surface area contributed by atoms with Crippen molar-refractivity contribution in [1.29, 1.82) is 0 Å². The van der Waals surface area contributed by atoms with Crippen molar-refractivity contribution < 1.29 is 9.53 Å². The molecule has 0 bridgehead atoms. The summed E-state index contributed by atoms with van der Waals surface area (Å²) in [7, 11) is 1.68. The van der Waals surface area contributed by atoms with Crippen molar-refractivity contribution in [2.24, 2.45) is 0 Å². The van der Waals surface area contributed by atoms with Gasteiger partial charge in [-0.3, -0.25) is 4.79 Å². The Morgan fingerprint density at radius 2 is 2.13 bits per heavy atom. The molecule has 0 spiro atoms. The number of amides is 1. The molecule has 0 saturated carbocycles. The molecule has 0 aliphatic rings. The first kappa shape index (κ1) is 17.5. The smallest absolute Gasteiger partial charge is 0.230 e. The Labute approximate surface area is 140 Å². The minimum Gasteiger partial charge on any atom is -0.385 e. The predicted octanol–water partition coefficient (Wildman–Crippen LogP) is 2.03. The summed E-state index contributed by atoms with van der Waals surface area (Å²) in [6.07, 6.45) is 2.57. The van der Waals surface area contributed by atoms with Gasteiger partial charge in [-0.2, -0.15) is 0 Å². The summed E-state index contributed by atoms with van der Waals surface area (Å²) < 4.78 is 6.98. The molecule has 1 heterocycles. The van der Waals surface area contributed by atoms with Gasteiger partial charge in [-0.25, -0.2) is 0 Å². The highest BCUT2D eigenvalue weighted by Gasteiger charge is 2.08. The lowest BCUT2D eigenvalue weighted by atomic mass is 10.1. The number of ether oxygens (including phenoxy) is 1. The normalized spacial score (nSPS) is 10.7. The van der Waals surface area contributed by atoms with Crippen molar-refractivity contribution in [1.82, 2.24) is 20.1 Å². The van der Waals surface area contributed by atoms with E-state index in [2.05, 4.69) is 15.5 Å². The molecule has 0 fully saturated rings. The monoisotopic (exact) mass is 334 g/mol. The number of aromatic nitrogens is 3. The second-order valence-corrected chi connectivity index (χ2v) is 6.15. The molecule has 2 rings (SSSR count). The number of methoxy groups -OCH3 is 1. The lowest BCUT2D eigenvalue weighted by Crippen LogP contribution is -2.24. The van der Waals surface area contributed by atoms with Gasteiger partial charge in [0.2, 0.25) is 5.91 Å². The van der Waals surface area contributed by atoms with Gasteiger partial charge < -0.3 is 14.6 Å². The lowest BCUT2D eigenvalue weighted by molar-refractivity contribution is -0.118. The van der Waals surface area contributed by atoms with Crippen molar-refractivity contribution in [2.75, 3.05) is 19.5 Å². The van der Waals surface area contributed by atoms with Gasteiger partial charge >= 0.3 is 0 Å². The van der Waals surface area contributed by atoms with Crippen molar-refractivity contribution in [3.63, 3.8) is 0 Å². The summed E-state index contributed by atoms with van der Waals surface area (Å²) >= 11 is 1.39. The van der Waals surface area contributed by atoms with E-state index in [1.807, 2.05) is 35.8 Å². The van der Waals surface area contributed by atoms with Crippen LogP contribution in [0.1, 0.15) is 17.5 Å². The molecule has 1 aromatic heterocycles. The second-order valence-electron chi connectivity index (χ2n) is 5.20. The van der Waals surface area contributed by atoms with E-state index < -0.39 is 0 Å². The Kier molecular flexibility index (Phi) is 7.09. The molecule has 2 aromatic rings. The minimum atomic E-state index is -0.0120. The number of rotatable bonds is 9. The summed E-state index contributed by atoms with van der Waals surface area (Å²) in [5.74, 6) is 0.316. The van der Waals surface area contributed by atoms with E-state index in [1.54, 1.807) is 13.4 Å². The number of carbonyl (C=O) groups is 1. The van der Waals surface area contributed by atoms with E-state index in [0.29, 0.717) is 18.9 Å². The Morgan fingerprint density at radius 1 is 1.35 bits per heavy atom. The molecular formula is C16H22N4O2S. The van der Waals surface area contributed by atoms with Gasteiger partial charge in [0, 0.05) is 26.8 Å². The van der Waals surface area contributed by atoms with Gasteiger partial charge in [0.1, 0.15) is 6.33 Å². The van der Waals surface area contributed by atoms with Crippen LogP contribution in [0.4, 0.5) is 0 Å². The lowest BCUT2D eigenvalue weighted by Gasteiger charge is -2.07. The van der Waals surface area contributed by atoms with Crippen LogP contribution >= 0.6 is 11.8 Å². The first-order chi connectivity index (χ1) is 11.2. The van der Waals surface area contributed by atoms with Crippen LogP contribution in [0.5, 0.6) is 0 Å². The number of benzene rings is 1. The van der Waals surface area contributed by atoms with Crippen molar-refractivity contribution in [3.05, 3.63) is 41.7 Å². The number of carbonyl (C=O) groups excluding carboxylic acids is 1. The van der Waals surface area contributed by atoms with Crippen LogP contribution in [0, 0.1) is 6.92 Å². The molecule has 0 unspecified atom stereocenters. The van der Waals surface area contributed by atoms with Crippen molar-refractivity contribution >= 4 is 17.7 Å². The highest BCUT2D eigenvalue weighted by molar-refractivity contribution is 7.99. The Balaban J connectivity index is 1.74. The minimum absolute atomic E-state index is 0.0120. The Hall–Kier alpha value is -1.86. The van der Waals surface area contributed by atoms with Crippen LogP contribution in [0.3, 0.4) is 0 Å². The largest absolute Gasteiger partial charge is 0.385 e. The van der Waals surface area contributed by atoms with Crippen molar-refractivity contribution in [3.8, 4) is 0 Å². The summed E-state index contributed by atoms with van der Waals surface area (Å²) in [4.78, 5) is 11.9. The fraction of sp³-hybridized carbons (Fsp3) is 0.438. The molecule has 1 aromatic carbocycles. The Morgan fingerprint density at radius 3 is 2.87 bits per heavy atom. The maximum absolute atomic E-state index is 11.9. The molecule has 23 heavy (non-hydrogen) atoms. The first-order valence-electron chi connectivity index (χ1n) is 7.51. The topological polar surface area (TPSA) is 69.0 Å². The van der Waals surface area contributed by atoms with Crippen LogP contribution < -0.4 is 5.32 Å². The van der Waals surface area contributed by atoms with Gasteiger partial charge in [-0.05, 0) is 18.9 Å². The van der Waals surface area contributed by atoms with Crippen LogP contribution in [0.2, 0.25) is 0 Å². The van der Waals surface area contributed by atoms with Crippen LogP contribution in [-0.2, 0) is 22.6 Å². The number of thioether (sulfide) groups is 1. The molecule has 124 valence electrons. The predicted molar refractivity (Wildman–Crippen MR) is 90.3 cm³/mol. The zero-order valence-corrected chi connectivity index (χ0v) is 14.3. The van der Waals surface area contributed by atoms with Crippen LogP contribution in [0.15, 0.2) is 35.7 Å². The highest BCUT2D eigenvalue weighted by atomic mass is 32.2. The van der Waals surface area contributed by atoms with E-state index in [9.17, 15) is 4.79 Å². The number of hydrogen-bond donors (Lipinski definition) is 1. The molecule has 1 amide bonds. The molecular weight excluding hydrogens is 312 g/mol. The number of nitrogens with one attached hydrogen (secondary N) is 1. The van der Waals surface area contributed by atoms with E-state index in [1.165, 1.54) is 17.3 Å². The quantitative estimate of drug-likeness (QED) is 0.561. The average molecular weight is 334 g/mol. The average Bonchev–Trinajstić information content (AvgIpc) is 3.00. The molecule has 0 saturated heterocycles. The zero-order valence-electron chi connectivity index (χ0n) is 13.5. The summed E-state index contributed by atoms with van der Waals surface area (Å²) in [5.41, 5.74) is 2.31. The molecule has 0 aliphatic heterocycles. The van der Waals surface area contributed by atoms with Gasteiger partial charge in [-0.15, -0.1) is 10.2 Å². The van der Waals surface area contributed by atoms with Gasteiger partial charge in [0.25, 0.3) is 0 Å². The number of aryl methyl sites for hydroxylation is 2. The van der Waals surface area contributed by atoms with E-state index in [0.717, 1.165) is 23.7 Å². The van der Waals surface area contributed by atoms with Gasteiger partial charge in [0.05, 0.1) is 5.75 Å². The standard InChI is InChI=1S/C16H22N4O2S/c1-13-4-6-14(7-5-13)10-17-15(21)11-23-16-19-18-12-20(16)8-3-9-22-2/h4-7,12H,3,8-11H2,1-2H3,(H,17,21). The van der Waals surface area contributed by atoms with Crippen LogP contribution in [-0.4, -0.2) is 40.1 Å². The molecule has 7 heteroatoms. The van der Waals surface area contributed by atoms with Crippen molar-refractivity contribution in [2.45, 2.75) is 31.6 Å². The molecule has 1 N–H and O–H groups in total. The fourth-order valence-corrected chi connectivity index (χ4v) is 2.75. The third-order valence-corrected chi connectivity index (χ3v) is 4.25. The SMILES string of the molecule is COCCCn1cnnc1SCC(=O)NCc1ccc(C)cc1. The van der Waals surface area contributed by atoms with Gasteiger partial charge in [0.15, 0.2) is 5.16 Å². The van der Waals surface area contributed by atoms with E-state index >= 15 is 0 Å². The summed E-state index contributed by atoms with van der Waals surface area (Å²) in [6.45, 7) is 4.06. The fourth-order valence-electron chi connectivity index (χ4n) is 1.98. The first-order valence-corrected chi connectivity index (χ1v) is 8.49. The maximum Gasteiger partial charge on any atom is 0.230 e. The second kappa shape index (κ2) is 9.32. The third-order valence-electron chi connectivity index (χ3n) is 3.27. The molecule has 0 aliphatic carbocycles. The maximum atomic E-state index is 11.9. The van der Waals surface area contributed by atoms with Crippen LogP contribution in [0.25, 0.3) is 0 Å². The molecule has 0 radical (unpaired) electrons. The summed E-state index contributed by atoms with van der Waals surface area (Å²) in [6, 6.07) is 8.13. The molecule has 6 nitrogen and oxygen atoms in total. The summed E-state index contributed by atoms with van der Waals surface area (Å²) in [5, 5.41) is 11.6. The van der Waals surface area contributed by atoms with E-state index in [4.69, 9.17) is 4.74 Å². The third kappa shape index (κ3) is 6.03. The highest BCUT2D eigenvalue weighted by Crippen LogP contribution is 2.14.